The zero-order valence-corrected chi connectivity index (χ0v) is 47.8. The van der Waals surface area contributed by atoms with Gasteiger partial charge in [0, 0.05) is 52.3 Å². The Morgan fingerprint density at radius 2 is 0.773 bits per heavy atom. The summed E-state index contributed by atoms with van der Waals surface area (Å²) in [5.74, 6) is -7.28. The molecule has 0 radical (unpaired) electrons. The van der Waals surface area contributed by atoms with E-state index in [1.54, 1.807) is 30.3 Å². The third-order valence-electron chi connectivity index (χ3n) is 13.2. The molecule has 0 saturated carbocycles. The number of hydrogen-bond donors (Lipinski definition) is 0. The first kappa shape index (κ1) is 61.7. The van der Waals surface area contributed by atoms with E-state index in [0.29, 0.717) is 22.6 Å². The lowest BCUT2D eigenvalue weighted by atomic mass is 9.99. The maximum Gasteiger partial charge on any atom is 0.329 e. The molecule has 1 fully saturated rings. The number of rotatable bonds is 14. The van der Waals surface area contributed by atoms with Crippen molar-refractivity contribution in [3.63, 3.8) is 0 Å². The van der Waals surface area contributed by atoms with E-state index in [2.05, 4.69) is 0 Å². The fraction of sp³-hybridized carbons (Fsp3) is 0.579. The van der Waals surface area contributed by atoms with Gasteiger partial charge in [-0.2, -0.15) is 0 Å². The van der Waals surface area contributed by atoms with Gasteiger partial charge in [-0.3, -0.25) is 19.2 Å². The molecule has 0 N–H and O–H groups in total. The second-order valence-corrected chi connectivity index (χ2v) is 22.9. The van der Waals surface area contributed by atoms with Crippen LogP contribution in [0.2, 0.25) is 5.02 Å². The van der Waals surface area contributed by atoms with Crippen LogP contribution < -0.4 is 0 Å². The number of hydrogen-bond acceptors (Lipinski definition) is 13. The molecule has 1 aliphatic heterocycles. The van der Waals surface area contributed by atoms with Gasteiger partial charge in [-0.05, 0) is 91.3 Å². The predicted octanol–water partition coefficient (Wildman–Crippen LogP) is 7.97. The number of benzene rings is 2. The quantitative estimate of drug-likeness (QED) is 0.112. The normalized spacial score (nSPS) is 24.0. The molecule has 2 heterocycles. The van der Waals surface area contributed by atoms with Crippen molar-refractivity contribution in [1.82, 2.24) is 19.6 Å². The van der Waals surface area contributed by atoms with Crippen LogP contribution in [0.15, 0.2) is 66.0 Å². The molecular weight excluding hydrogens is 1000 g/mol. The number of cyclic esters (lactones) is 4. The van der Waals surface area contributed by atoms with Crippen LogP contribution in [0.3, 0.4) is 0 Å². The summed E-state index contributed by atoms with van der Waals surface area (Å²) in [6.07, 6.45) is -5.19. The van der Waals surface area contributed by atoms with Crippen LogP contribution in [0.1, 0.15) is 116 Å². The monoisotopic (exact) mass is 1080 g/mol. The number of ether oxygens (including phenoxy) is 4. The highest BCUT2D eigenvalue weighted by atomic mass is 35.5. The summed E-state index contributed by atoms with van der Waals surface area (Å²) in [6, 6.07) is 13.0. The number of carbonyl (C=O) groups excluding carboxylic acids is 8. The van der Waals surface area contributed by atoms with Gasteiger partial charge in [-0.25, -0.2) is 19.2 Å². The zero-order chi connectivity index (χ0) is 56.0. The summed E-state index contributed by atoms with van der Waals surface area (Å²) < 4.78 is 24.0. The first-order valence-electron chi connectivity index (χ1n) is 25.9. The molecule has 1 aliphatic rings. The summed E-state index contributed by atoms with van der Waals surface area (Å²) in [5, 5.41) is 2.57. The van der Waals surface area contributed by atoms with Gasteiger partial charge < -0.3 is 38.5 Å². The third kappa shape index (κ3) is 17.6. The number of amides is 4. The first-order valence-corrected chi connectivity index (χ1v) is 27.2. The molecule has 412 valence electrons. The molecule has 3 aromatic rings. The summed E-state index contributed by atoms with van der Waals surface area (Å²) in [6.45, 7) is 17.5. The van der Waals surface area contributed by atoms with Crippen LogP contribution in [-0.2, 0) is 76.6 Å². The van der Waals surface area contributed by atoms with Crippen molar-refractivity contribution in [3.8, 4) is 0 Å². The van der Waals surface area contributed by atoms with E-state index >= 15 is 0 Å². The Labute approximate surface area is 452 Å². The second kappa shape index (κ2) is 28.4. The summed E-state index contributed by atoms with van der Waals surface area (Å²) in [7, 11) is 5.57. The van der Waals surface area contributed by atoms with Crippen molar-refractivity contribution in [1.29, 1.82) is 0 Å². The molecule has 16 nitrogen and oxygen atoms in total. The van der Waals surface area contributed by atoms with Crippen molar-refractivity contribution < 1.29 is 57.3 Å². The number of nitrogens with zero attached hydrogens (tertiary/aromatic N) is 4. The molecule has 0 unspecified atom stereocenters. The molecule has 4 rings (SSSR count). The Bertz CT molecular complexity index is 2410. The standard InChI is InChI=1S/C57H79ClN4O12S/c1-33(2)26-43-54(67)71-38(10)51(64)60(12)46(29-36(7)8)57(70)74-48(31-40-20-22-41(23-21-40)32-49-42(58)24-25-75-49)53(66)62(14)44(27-34(3)4)55(68)72-37(9)50(63)59(11)45(28-35(5)6)56(69)73-47(52(65)61(43)13)30-39-18-16-15-17-19-39/h15-25,33-38,43-48H,26-32H2,1-14H3/t37-,38-,43+,44+,45+,46+,47-,48-/m1/s1. The van der Waals surface area contributed by atoms with Crippen LogP contribution >= 0.6 is 22.9 Å². The number of carbonyl (C=O) groups is 8. The molecule has 1 saturated heterocycles. The highest BCUT2D eigenvalue weighted by Crippen LogP contribution is 2.27. The molecule has 2 aromatic carbocycles. The van der Waals surface area contributed by atoms with E-state index in [1.165, 1.54) is 53.4 Å². The minimum atomic E-state index is -1.52. The van der Waals surface area contributed by atoms with Gasteiger partial charge in [-0.15, -0.1) is 11.3 Å². The van der Waals surface area contributed by atoms with Crippen LogP contribution in [0, 0.1) is 23.7 Å². The van der Waals surface area contributed by atoms with E-state index in [-0.39, 0.29) is 62.2 Å². The average molecular weight is 1080 g/mol. The van der Waals surface area contributed by atoms with Crippen LogP contribution in [0.4, 0.5) is 0 Å². The van der Waals surface area contributed by atoms with Crippen LogP contribution in [-0.4, -0.2) is 144 Å². The second-order valence-electron chi connectivity index (χ2n) is 21.5. The minimum absolute atomic E-state index is 0.0887. The molecule has 4 amide bonds. The van der Waals surface area contributed by atoms with Crippen molar-refractivity contribution in [2.24, 2.45) is 23.7 Å². The maximum absolute atomic E-state index is 14.9. The number of likely N-dealkylation sites (N-methyl/N-ethyl adjacent to an activating group) is 4. The molecule has 75 heavy (non-hydrogen) atoms. The fourth-order valence-corrected chi connectivity index (χ4v) is 10.1. The van der Waals surface area contributed by atoms with Gasteiger partial charge in [0.15, 0.2) is 24.4 Å². The SMILES string of the molecule is CC(C)C[C@H]1C(=O)O[C@H](Cc2ccc(Cc3sccc3Cl)cc2)C(=O)N(C)[C@@H](CC(C)C)C(=O)O[C@H](C)C(=O)N(C)[C@@H](CC(C)C)C(=O)O[C@H](Cc2ccccc2)C(=O)N(C)[C@@H](CC(C)C)C(=O)O[C@H](C)C(=O)N1C. The number of thiophene rings is 1. The summed E-state index contributed by atoms with van der Waals surface area (Å²) >= 11 is 7.92. The smallest absolute Gasteiger partial charge is 0.329 e. The Morgan fingerprint density at radius 3 is 1.11 bits per heavy atom. The van der Waals surface area contributed by atoms with E-state index in [0.717, 1.165) is 30.0 Å². The topological polar surface area (TPSA) is 186 Å². The highest BCUT2D eigenvalue weighted by Gasteiger charge is 2.43. The van der Waals surface area contributed by atoms with Gasteiger partial charge in [-0.1, -0.05) is 122 Å². The van der Waals surface area contributed by atoms with Crippen molar-refractivity contribution in [2.45, 2.75) is 163 Å². The number of esters is 4. The van der Waals surface area contributed by atoms with E-state index < -0.39 is 96.1 Å². The van der Waals surface area contributed by atoms with Gasteiger partial charge in [0.2, 0.25) is 0 Å². The largest absolute Gasteiger partial charge is 0.451 e. The zero-order valence-electron chi connectivity index (χ0n) is 46.2. The van der Waals surface area contributed by atoms with E-state index in [4.69, 9.17) is 30.5 Å². The van der Waals surface area contributed by atoms with Crippen LogP contribution in [0.5, 0.6) is 0 Å². The Kier molecular flexibility index (Phi) is 23.3. The van der Waals surface area contributed by atoms with E-state index in [1.807, 2.05) is 91.1 Å². The maximum atomic E-state index is 14.9. The Balaban J connectivity index is 1.86. The molecule has 8 atom stereocenters. The van der Waals surface area contributed by atoms with Crippen molar-refractivity contribution in [3.05, 3.63) is 92.6 Å². The number of halogens is 1. The fourth-order valence-electron chi connectivity index (χ4n) is 8.95. The van der Waals surface area contributed by atoms with E-state index in [9.17, 15) is 38.4 Å². The van der Waals surface area contributed by atoms with Gasteiger partial charge in [0.25, 0.3) is 23.6 Å². The Morgan fingerprint density at radius 1 is 0.453 bits per heavy atom. The lowest BCUT2D eigenvalue weighted by molar-refractivity contribution is -0.176. The molecule has 0 bridgehead atoms. The van der Waals surface area contributed by atoms with Crippen molar-refractivity contribution in [2.75, 3.05) is 28.2 Å². The highest BCUT2D eigenvalue weighted by molar-refractivity contribution is 7.10. The van der Waals surface area contributed by atoms with Gasteiger partial charge >= 0.3 is 23.9 Å². The predicted molar refractivity (Wildman–Crippen MR) is 287 cm³/mol. The molecular formula is C57H79ClN4O12S. The van der Waals surface area contributed by atoms with Gasteiger partial charge in [0.05, 0.1) is 5.02 Å². The summed E-state index contributed by atoms with van der Waals surface area (Å²) in [5.41, 5.74) is 2.22. The molecule has 0 aliphatic carbocycles. The van der Waals surface area contributed by atoms with Crippen LogP contribution in [0.25, 0.3) is 0 Å². The summed E-state index contributed by atoms with van der Waals surface area (Å²) in [4.78, 5) is 122. The molecule has 0 spiro atoms. The first-order chi connectivity index (χ1) is 35.2. The lowest BCUT2D eigenvalue weighted by Gasteiger charge is -2.35. The molecule has 18 heteroatoms. The minimum Gasteiger partial charge on any atom is -0.451 e. The Hall–Kier alpha value is -5.81. The average Bonchev–Trinajstić information content (AvgIpc) is 3.76. The third-order valence-corrected chi connectivity index (χ3v) is 14.6. The van der Waals surface area contributed by atoms with Gasteiger partial charge in [0.1, 0.15) is 24.2 Å². The lowest BCUT2D eigenvalue weighted by Crippen LogP contribution is -2.55. The van der Waals surface area contributed by atoms with Crippen molar-refractivity contribution >= 4 is 70.4 Å². The molecule has 1 aromatic heterocycles.